The SMILES string of the molecule is Cc1ccc(CC(CN)c2ccccn2)cc1. The van der Waals surface area contributed by atoms with Crippen molar-refractivity contribution in [3.05, 3.63) is 65.5 Å². The normalized spacial score (nSPS) is 12.4. The Morgan fingerprint density at radius 3 is 2.47 bits per heavy atom. The van der Waals surface area contributed by atoms with Crippen LogP contribution in [0.4, 0.5) is 0 Å². The maximum Gasteiger partial charge on any atom is 0.0450 e. The summed E-state index contributed by atoms with van der Waals surface area (Å²) in [4.78, 5) is 4.38. The summed E-state index contributed by atoms with van der Waals surface area (Å²) >= 11 is 0. The number of pyridine rings is 1. The Morgan fingerprint density at radius 2 is 1.88 bits per heavy atom. The van der Waals surface area contributed by atoms with E-state index in [1.54, 1.807) is 0 Å². The second kappa shape index (κ2) is 5.60. The van der Waals surface area contributed by atoms with Gasteiger partial charge in [-0.15, -0.1) is 0 Å². The summed E-state index contributed by atoms with van der Waals surface area (Å²) in [5.74, 6) is 0.305. The van der Waals surface area contributed by atoms with Crippen LogP contribution in [-0.4, -0.2) is 11.5 Å². The van der Waals surface area contributed by atoms with E-state index in [4.69, 9.17) is 5.73 Å². The third-order valence-electron chi connectivity index (χ3n) is 2.99. The summed E-state index contributed by atoms with van der Waals surface area (Å²) in [6.07, 6.45) is 2.78. The first kappa shape index (κ1) is 11.8. The second-order valence-electron chi connectivity index (χ2n) is 4.38. The lowest BCUT2D eigenvalue weighted by molar-refractivity contribution is 0.672. The molecule has 2 N–H and O–H groups in total. The summed E-state index contributed by atoms with van der Waals surface area (Å²) in [6.45, 7) is 2.73. The van der Waals surface area contributed by atoms with E-state index >= 15 is 0 Å². The molecule has 0 saturated heterocycles. The lowest BCUT2D eigenvalue weighted by Crippen LogP contribution is -2.16. The molecule has 0 aliphatic heterocycles. The minimum absolute atomic E-state index is 0.305. The molecule has 0 aliphatic carbocycles. The summed E-state index contributed by atoms with van der Waals surface area (Å²) in [5, 5.41) is 0. The topological polar surface area (TPSA) is 38.9 Å². The van der Waals surface area contributed by atoms with Gasteiger partial charge in [-0.25, -0.2) is 0 Å². The molecule has 0 fully saturated rings. The van der Waals surface area contributed by atoms with Gasteiger partial charge in [-0.2, -0.15) is 0 Å². The first-order valence-corrected chi connectivity index (χ1v) is 5.96. The zero-order valence-corrected chi connectivity index (χ0v) is 10.1. The molecular formula is C15H18N2. The molecule has 0 bridgehead atoms. The number of hydrogen-bond acceptors (Lipinski definition) is 2. The highest BCUT2D eigenvalue weighted by atomic mass is 14.7. The van der Waals surface area contributed by atoms with Gasteiger partial charge in [0.2, 0.25) is 0 Å². The predicted molar refractivity (Wildman–Crippen MR) is 70.9 cm³/mol. The van der Waals surface area contributed by atoms with Crippen molar-refractivity contribution in [3.8, 4) is 0 Å². The zero-order chi connectivity index (χ0) is 12.1. The molecule has 0 aliphatic rings. The van der Waals surface area contributed by atoms with Gasteiger partial charge in [0.25, 0.3) is 0 Å². The number of nitrogens with zero attached hydrogens (tertiary/aromatic N) is 1. The summed E-state index contributed by atoms with van der Waals surface area (Å²) in [7, 11) is 0. The van der Waals surface area contributed by atoms with Crippen LogP contribution in [0.5, 0.6) is 0 Å². The highest BCUT2D eigenvalue weighted by molar-refractivity contribution is 5.24. The van der Waals surface area contributed by atoms with Crippen LogP contribution in [-0.2, 0) is 6.42 Å². The van der Waals surface area contributed by atoms with Gasteiger partial charge in [-0.05, 0) is 31.0 Å². The van der Waals surface area contributed by atoms with Crippen molar-refractivity contribution in [2.75, 3.05) is 6.54 Å². The quantitative estimate of drug-likeness (QED) is 0.870. The maximum atomic E-state index is 5.84. The molecule has 0 spiro atoms. The third kappa shape index (κ3) is 3.14. The molecule has 2 nitrogen and oxygen atoms in total. The van der Waals surface area contributed by atoms with Crippen LogP contribution in [0.3, 0.4) is 0 Å². The molecule has 1 heterocycles. The molecular weight excluding hydrogens is 208 g/mol. The molecule has 1 atom stereocenters. The molecule has 88 valence electrons. The average molecular weight is 226 g/mol. The number of hydrogen-bond donors (Lipinski definition) is 1. The number of benzene rings is 1. The highest BCUT2D eigenvalue weighted by Gasteiger charge is 2.11. The standard InChI is InChI=1S/C15H18N2/c1-12-5-7-13(8-6-12)10-14(11-16)15-4-2-3-9-17-15/h2-9,14H,10-11,16H2,1H3. The minimum Gasteiger partial charge on any atom is -0.330 e. The molecule has 0 saturated carbocycles. The fourth-order valence-corrected chi connectivity index (χ4v) is 1.93. The molecule has 1 aromatic carbocycles. The van der Waals surface area contributed by atoms with E-state index in [0.717, 1.165) is 12.1 Å². The van der Waals surface area contributed by atoms with Gasteiger partial charge >= 0.3 is 0 Å². The van der Waals surface area contributed by atoms with E-state index in [2.05, 4.69) is 36.2 Å². The summed E-state index contributed by atoms with van der Waals surface area (Å²) in [6, 6.07) is 14.6. The number of rotatable bonds is 4. The van der Waals surface area contributed by atoms with Crippen molar-refractivity contribution < 1.29 is 0 Å². The molecule has 0 radical (unpaired) electrons. The van der Waals surface area contributed by atoms with Gasteiger partial charge < -0.3 is 5.73 Å². The number of nitrogens with two attached hydrogens (primary N) is 1. The van der Waals surface area contributed by atoms with Crippen molar-refractivity contribution >= 4 is 0 Å². The van der Waals surface area contributed by atoms with Gasteiger partial charge in [0.15, 0.2) is 0 Å². The molecule has 1 unspecified atom stereocenters. The summed E-state index contributed by atoms with van der Waals surface area (Å²) < 4.78 is 0. The van der Waals surface area contributed by atoms with Gasteiger partial charge in [-0.3, -0.25) is 4.98 Å². The first-order valence-electron chi connectivity index (χ1n) is 5.96. The van der Waals surface area contributed by atoms with Gasteiger partial charge in [-0.1, -0.05) is 35.9 Å². The average Bonchev–Trinajstić information content (AvgIpc) is 2.39. The molecule has 17 heavy (non-hydrogen) atoms. The molecule has 2 aromatic rings. The van der Waals surface area contributed by atoms with E-state index in [9.17, 15) is 0 Å². The van der Waals surface area contributed by atoms with E-state index in [1.165, 1.54) is 11.1 Å². The molecule has 2 rings (SSSR count). The van der Waals surface area contributed by atoms with Crippen molar-refractivity contribution in [2.45, 2.75) is 19.3 Å². The van der Waals surface area contributed by atoms with Crippen molar-refractivity contribution in [1.29, 1.82) is 0 Å². The van der Waals surface area contributed by atoms with E-state index in [0.29, 0.717) is 12.5 Å². The lowest BCUT2D eigenvalue weighted by Gasteiger charge is -2.14. The number of aryl methyl sites for hydroxylation is 1. The van der Waals surface area contributed by atoms with E-state index < -0.39 is 0 Å². The van der Waals surface area contributed by atoms with Crippen molar-refractivity contribution in [2.24, 2.45) is 5.73 Å². The van der Waals surface area contributed by atoms with Crippen LogP contribution in [0.2, 0.25) is 0 Å². The highest BCUT2D eigenvalue weighted by Crippen LogP contribution is 2.18. The Balaban J connectivity index is 2.13. The molecule has 1 aromatic heterocycles. The summed E-state index contributed by atoms with van der Waals surface area (Å²) in [5.41, 5.74) is 9.53. The van der Waals surface area contributed by atoms with Gasteiger partial charge in [0, 0.05) is 24.4 Å². The largest absolute Gasteiger partial charge is 0.330 e. The van der Waals surface area contributed by atoms with E-state index in [1.807, 2.05) is 24.4 Å². The monoisotopic (exact) mass is 226 g/mol. The van der Waals surface area contributed by atoms with Crippen LogP contribution < -0.4 is 5.73 Å². The Labute approximate surface area is 103 Å². The van der Waals surface area contributed by atoms with Crippen LogP contribution in [0.15, 0.2) is 48.7 Å². The predicted octanol–water partition coefficient (Wildman–Crippen LogP) is 2.68. The van der Waals surface area contributed by atoms with Crippen LogP contribution >= 0.6 is 0 Å². The van der Waals surface area contributed by atoms with Crippen LogP contribution in [0.1, 0.15) is 22.7 Å². The number of aromatic nitrogens is 1. The first-order chi connectivity index (χ1) is 8.29. The maximum absolute atomic E-state index is 5.84. The Morgan fingerprint density at radius 1 is 1.12 bits per heavy atom. The third-order valence-corrected chi connectivity index (χ3v) is 2.99. The van der Waals surface area contributed by atoms with Crippen molar-refractivity contribution in [1.82, 2.24) is 4.98 Å². The Bertz CT molecular complexity index is 448. The lowest BCUT2D eigenvalue weighted by atomic mass is 9.95. The smallest absolute Gasteiger partial charge is 0.0450 e. The van der Waals surface area contributed by atoms with E-state index in [-0.39, 0.29) is 0 Å². The van der Waals surface area contributed by atoms with Crippen LogP contribution in [0, 0.1) is 6.92 Å². The minimum atomic E-state index is 0.305. The second-order valence-corrected chi connectivity index (χ2v) is 4.38. The van der Waals surface area contributed by atoms with Gasteiger partial charge in [0.1, 0.15) is 0 Å². The van der Waals surface area contributed by atoms with Crippen molar-refractivity contribution in [3.63, 3.8) is 0 Å². The fraction of sp³-hybridized carbons (Fsp3) is 0.267. The Hall–Kier alpha value is -1.67. The van der Waals surface area contributed by atoms with Crippen LogP contribution in [0.25, 0.3) is 0 Å². The molecule has 2 heteroatoms. The Kier molecular flexibility index (Phi) is 3.89. The molecule has 0 amide bonds. The fourth-order valence-electron chi connectivity index (χ4n) is 1.93. The van der Waals surface area contributed by atoms with Gasteiger partial charge in [0.05, 0.1) is 0 Å². The zero-order valence-electron chi connectivity index (χ0n) is 10.1.